The third-order valence-corrected chi connectivity index (χ3v) is 5.41. The Hall–Kier alpha value is -2.34. The molecule has 0 saturated carbocycles. The lowest BCUT2D eigenvalue weighted by atomic mass is 10.1. The lowest BCUT2D eigenvalue weighted by Crippen LogP contribution is -2.50. The third-order valence-electron chi connectivity index (χ3n) is 4.88. The SMILES string of the molecule is CC[C@H](C)NC(=O)[C@@H](C)N(Cc1ccc(Br)cc1)C(=O)COc1ccccc1C. The van der Waals surface area contributed by atoms with Crippen LogP contribution in [-0.4, -0.2) is 35.4 Å². The molecule has 0 bridgehead atoms. The zero-order valence-corrected chi connectivity index (χ0v) is 19.0. The number of para-hydroxylation sites is 1. The Morgan fingerprint density at radius 2 is 1.76 bits per heavy atom. The average Bonchev–Trinajstić information content (AvgIpc) is 2.71. The Bertz CT molecular complexity index is 823. The van der Waals surface area contributed by atoms with Crippen molar-refractivity contribution in [3.63, 3.8) is 0 Å². The van der Waals surface area contributed by atoms with E-state index < -0.39 is 6.04 Å². The predicted octanol–water partition coefficient (Wildman–Crippen LogP) is 4.47. The smallest absolute Gasteiger partial charge is 0.261 e. The lowest BCUT2D eigenvalue weighted by Gasteiger charge is -2.29. The zero-order chi connectivity index (χ0) is 21.4. The molecule has 6 heteroatoms. The Labute approximate surface area is 181 Å². The van der Waals surface area contributed by atoms with Crippen molar-refractivity contribution < 1.29 is 14.3 Å². The van der Waals surface area contributed by atoms with E-state index in [9.17, 15) is 9.59 Å². The fourth-order valence-corrected chi connectivity index (χ4v) is 3.04. The molecule has 2 aromatic rings. The van der Waals surface area contributed by atoms with Gasteiger partial charge in [-0.15, -0.1) is 0 Å². The molecule has 0 aliphatic rings. The summed E-state index contributed by atoms with van der Waals surface area (Å²) in [5.41, 5.74) is 1.91. The predicted molar refractivity (Wildman–Crippen MR) is 119 cm³/mol. The van der Waals surface area contributed by atoms with Crippen molar-refractivity contribution >= 4 is 27.7 Å². The molecule has 156 valence electrons. The van der Waals surface area contributed by atoms with Crippen LogP contribution in [0.5, 0.6) is 5.75 Å². The first-order valence-electron chi connectivity index (χ1n) is 9.84. The number of aryl methyl sites for hydroxylation is 1. The molecule has 0 aromatic heterocycles. The van der Waals surface area contributed by atoms with E-state index in [1.54, 1.807) is 11.8 Å². The Morgan fingerprint density at radius 1 is 1.10 bits per heavy atom. The monoisotopic (exact) mass is 460 g/mol. The van der Waals surface area contributed by atoms with Crippen molar-refractivity contribution in [1.29, 1.82) is 0 Å². The van der Waals surface area contributed by atoms with Crippen molar-refractivity contribution in [1.82, 2.24) is 10.2 Å². The van der Waals surface area contributed by atoms with E-state index >= 15 is 0 Å². The van der Waals surface area contributed by atoms with Gasteiger partial charge in [0.05, 0.1) is 0 Å². The van der Waals surface area contributed by atoms with E-state index in [1.807, 2.05) is 69.3 Å². The molecular formula is C23H29BrN2O3. The molecule has 5 nitrogen and oxygen atoms in total. The van der Waals surface area contributed by atoms with Gasteiger partial charge in [0.1, 0.15) is 11.8 Å². The fourth-order valence-electron chi connectivity index (χ4n) is 2.78. The highest BCUT2D eigenvalue weighted by molar-refractivity contribution is 9.10. The first-order valence-corrected chi connectivity index (χ1v) is 10.6. The highest BCUT2D eigenvalue weighted by atomic mass is 79.9. The minimum absolute atomic E-state index is 0.0535. The third kappa shape index (κ3) is 6.89. The van der Waals surface area contributed by atoms with Crippen molar-refractivity contribution in [2.75, 3.05) is 6.61 Å². The Balaban J connectivity index is 2.15. The molecule has 0 fully saturated rings. The van der Waals surface area contributed by atoms with Crippen LogP contribution >= 0.6 is 15.9 Å². The van der Waals surface area contributed by atoms with Crippen LogP contribution in [0.25, 0.3) is 0 Å². The maximum atomic E-state index is 13.0. The molecule has 0 aliphatic carbocycles. The van der Waals surface area contributed by atoms with Crippen molar-refractivity contribution in [3.8, 4) is 5.75 Å². The second kappa shape index (κ2) is 11.0. The van der Waals surface area contributed by atoms with Crippen molar-refractivity contribution in [2.24, 2.45) is 0 Å². The summed E-state index contributed by atoms with van der Waals surface area (Å²) in [6, 6.07) is 14.7. The van der Waals surface area contributed by atoms with Gasteiger partial charge >= 0.3 is 0 Å². The molecule has 0 unspecified atom stereocenters. The van der Waals surface area contributed by atoms with Crippen LogP contribution in [0.1, 0.15) is 38.3 Å². The van der Waals surface area contributed by atoms with Crippen LogP contribution in [0.4, 0.5) is 0 Å². The van der Waals surface area contributed by atoms with E-state index in [-0.39, 0.29) is 24.5 Å². The minimum atomic E-state index is -0.611. The van der Waals surface area contributed by atoms with Gasteiger partial charge in [0.15, 0.2) is 6.61 Å². The van der Waals surface area contributed by atoms with E-state index in [0.717, 1.165) is 22.0 Å². The summed E-state index contributed by atoms with van der Waals surface area (Å²) in [6.07, 6.45) is 0.829. The van der Waals surface area contributed by atoms with Crippen LogP contribution in [-0.2, 0) is 16.1 Å². The largest absolute Gasteiger partial charge is 0.484 e. The van der Waals surface area contributed by atoms with Crippen LogP contribution in [0.2, 0.25) is 0 Å². The maximum Gasteiger partial charge on any atom is 0.261 e. The highest BCUT2D eigenvalue weighted by Gasteiger charge is 2.27. The summed E-state index contributed by atoms with van der Waals surface area (Å²) in [5, 5.41) is 2.96. The lowest BCUT2D eigenvalue weighted by molar-refractivity contribution is -0.142. The molecular weight excluding hydrogens is 432 g/mol. The molecule has 2 amide bonds. The van der Waals surface area contributed by atoms with Crippen molar-refractivity contribution in [2.45, 2.75) is 52.7 Å². The molecule has 1 N–H and O–H groups in total. The number of carbonyl (C=O) groups excluding carboxylic acids is 2. The maximum absolute atomic E-state index is 13.0. The van der Waals surface area contributed by atoms with Gasteiger partial charge in [-0.1, -0.05) is 53.2 Å². The zero-order valence-electron chi connectivity index (χ0n) is 17.4. The molecule has 2 aromatic carbocycles. The topological polar surface area (TPSA) is 58.6 Å². The number of hydrogen-bond acceptors (Lipinski definition) is 3. The summed E-state index contributed by atoms with van der Waals surface area (Å²) in [5.74, 6) is 0.268. The normalized spacial score (nSPS) is 12.7. The van der Waals surface area contributed by atoms with Gasteiger partial charge < -0.3 is 15.0 Å². The van der Waals surface area contributed by atoms with Crippen molar-refractivity contribution in [3.05, 3.63) is 64.1 Å². The second-order valence-corrected chi connectivity index (χ2v) is 8.11. The number of ether oxygens (including phenoxy) is 1. The summed E-state index contributed by atoms with van der Waals surface area (Å²) in [4.78, 5) is 27.3. The fraction of sp³-hybridized carbons (Fsp3) is 0.391. The summed E-state index contributed by atoms with van der Waals surface area (Å²) >= 11 is 3.42. The summed E-state index contributed by atoms with van der Waals surface area (Å²) in [7, 11) is 0. The van der Waals surface area contributed by atoms with Gasteiger partial charge in [0.2, 0.25) is 5.91 Å². The van der Waals surface area contributed by atoms with Gasteiger partial charge in [0.25, 0.3) is 5.91 Å². The average molecular weight is 461 g/mol. The van der Waals surface area contributed by atoms with Gasteiger partial charge in [-0.05, 0) is 56.5 Å². The molecule has 2 atom stereocenters. The molecule has 29 heavy (non-hydrogen) atoms. The number of carbonyl (C=O) groups is 2. The van der Waals surface area contributed by atoms with Gasteiger partial charge in [-0.3, -0.25) is 9.59 Å². The van der Waals surface area contributed by atoms with Crippen LogP contribution < -0.4 is 10.1 Å². The standard InChI is InChI=1S/C23H29BrN2O3/c1-5-17(3)25-23(28)18(4)26(14-19-10-12-20(24)13-11-19)22(27)15-29-21-9-7-6-8-16(21)2/h6-13,17-18H,5,14-15H2,1-4H3,(H,25,28)/t17-,18+/m0/s1. The van der Waals surface area contributed by atoms with Gasteiger partial charge in [-0.25, -0.2) is 0 Å². The Kier molecular flexibility index (Phi) is 8.70. The number of benzene rings is 2. The van der Waals surface area contributed by atoms with Gasteiger partial charge in [-0.2, -0.15) is 0 Å². The molecule has 0 spiro atoms. The number of halogens is 1. The number of hydrogen-bond donors (Lipinski definition) is 1. The number of nitrogens with zero attached hydrogens (tertiary/aromatic N) is 1. The molecule has 0 aliphatic heterocycles. The van der Waals surface area contributed by atoms with Crippen LogP contribution in [0, 0.1) is 6.92 Å². The second-order valence-electron chi connectivity index (χ2n) is 7.20. The number of amides is 2. The first kappa shape index (κ1) is 22.9. The molecule has 0 heterocycles. The van der Waals surface area contributed by atoms with E-state index in [1.165, 1.54) is 0 Å². The Morgan fingerprint density at radius 3 is 2.38 bits per heavy atom. The number of rotatable bonds is 9. The molecule has 0 saturated heterocycles. The van der Waals surface area contributed by atoms with E-state index in [4.69, 9.17) is 4.74 Å². The van der Waals surface area contributed by atoms with Crippen LogP contribution in [0.3, 0.4) is 0 Å². The summed E-state index contributed by atoms with van der Waals surface area (Å²) < 4.78 is 6.70. The van der Waals surface area contributed by atoms with E-state index in [2.05, 4.69) is 21.2 Å². The quantitative estimate of drug-likeness (QED) is 0.600. The molecule has 2 rings (SSSR count). The summed E-state index contributed by atoms with van der Waals surface area (Å²) in [6.45, 7) is 7.85. The van der Waals surface area contributed by atoms with Gasteiger partial charge in [0, 0.05) is 17.1 Å². The minimum Gasteiger partial charge on any atom is -0.484 e. The molecule has 0 radical (unpaired) electrons. The highest BCUT2D eigenvalue weighted by Crippen LogP contribution is 2.18. The van der Waals surface area contributed by atoms with Crippen LogP contribution in [0.15, 0.2) is 53.0 Å². The van der Waals surface area contributed by atoms with E-state index in [0.29, 0.717) is 12.3 Å². The first-order chi connectivity index (χ1) is 13.8. The number of nitrogens with one attached hydrogen (secondary N) is 1.